The van der Waals surface area contributed by atoms with E-state index in [9.17, 15) is 9.50 Å². The van der Waals surface area contributed by atoms with Crippen molar-refractivity contribution < 1.29 is 9.50 Å². The first-order valence-electron chi connectivity index (χ1n) is 6.07. The number of aromatic amines is 1. The van der Waals surface area contributed by atoms with Crippen LogP contribution in [-0.2, 0) is 6.42 Å². The molecule has 0 aliphatic heterocycles. The summed E-state index contributed by atoms with van der Waals surface area (Å²) in [6, 6.07) is 8.25. The molecule has 2 N–H and O–H groups in total. The summed E-state index contributed by atoms with van der Waals surface area (Å²) < 4.78 is 13.3. The molecule has 2 heterocycles. The molecule has 4 heteroatoms. The second kappa shape index (κ2) is 4.82. The summed E-state index contributed by atoms with van der Waals surface area (Å²) in [5.74, 6) is -0.304. The van der Waals surface area contributed by atoms with Crippen LogP contribution in [0.1, 0.15) is 17.2 Å². The van der Waals surface area contributed by atoms with Crippen molar-refractivity contribution in [2.24, 2.45) is 0 Å². The number of nitrogens with one attached hydrogen (secondary N) is 1. The first-order chi connectivity index (χ1) is 9.24. The van der Waals surface area contributed by atoms with Gasteiger partial charge in [0, 0.05) is 41.5 Å². The van der Waals surface area contributed by atoms with Crippen molar-refractivity contribution >= 4 is 10.9 Å². The average molecular weight is 256 g/mol. The molecule has 0 spiro atoms. The Morgan fingerprint density at radius 3 is 3.00 bits per heavy atom. The number of benzene rings is 1. The van der Waals surface area contributed by atoms with Crippen LogP contribution in [0.3, 0.4) is 0 Å². The normalized spacial score (nSPS) is 12.7. The Labute approximate surface area is 109 Å². The van der Waals surface area contributed by atoms with Gasteiger partial charge in [0.15, 0.2) is 0 Å². The Hall–Kier alpha value is -2.20. The first kappa shape index (κ1) is 11.9. The van der Waals surface area contributed by atoms with Crippen LogP contribution in [0.2, 0.25) is 0 Å². The molecule has 0 aliphatic rings. The predicted molar refractivity (Wildman–Crippen MR) is 71.2 cm³/mol. The van der Waals surface area contributed by atoms with Gasteiger partial charge in [0.1, 0.15) is 5.82 Å². The molecule has 0 amide bonds. The van der Waals surface area contributed by atoms with Gasteiger partial charge >= 0.3 is 0 Å². The largest absolute Gasteiger partial charge is 0.388 e. The zero-order valence-electron chi connectivity index (χ0n) is 10.2. The number of aromatic nitrogens is 2. The fourth-order valence-electron chi connectivity index (χ4n) is 2.24. The predicted octanol–water partition coefficient (Wildman–Crippen LogP) is 2.98. The van der Waals surface area contributed by atoms with E-state index in [1.54, 1.807) is 24.7 Å². The van der Waals surface area contributed by atoms with E-state index in [2.05, 4.69) is 9.97 Å². The lowest BCUT2D eigenvalue weighted by atomic mass is 10.0. The third kappa shape index (κ3) is 2.35. The maximum atomic E-state index is 13.3. The SMILES string of the molecule is OC(Cc1cccnc1)c1c[nH]c2ccc(F)cc12. The highest BCUT2D eigenvalue weighted by atomic mass is 19.1. The number of pyridine rings is 1. The Balaban J connectivity index is 1.93. The fourth-order valence-corrected chi connectivity index (χ4v) is 2.24. The van der Waals surface area contributed by atoms with Crippen molar-refractivity contribution in [3.8, 4) is 0 Å². The van der Waals surface area contributed by atoms with Crippen molar-refractivity contribution in [1.82, 2.24) is 9.97 Å². The fraction of sp³-hybridized carbons (Fsp3) is 0.133. The highest BCUT2D eigenvalue weighted by molar-refractivity contribution is 5.83. The molecule has 19 heavy (non-hydrogen) atoms. The van der Waals surface area contributed by atoms with Gasteiger partial charge in [-0.1, -0.05) is 6.07 Å². The van der Waals surface area contributed by atoms with Gasteiger partial charge in [-0.05, 0) is 29.8 Å². The van der Waals surface area contributed by atoms with Gasteiger partial charge in [-0.25, -0.2) is 4.39 Å². The van der Waals surface area contributed by atoms with Gasteiger partial charge in [-0.15, -0.1) is 0 Å². The van der Waals surface area contributed by atoms with E-state index in [-0.39, 0.29) is 5.82 Å². The molecule has 3 aromatic rings. The molecule has 3 nitrogen and oxygen atoms in total. The van der Waals surface area contributed by atoms with Crippen molar-refractivity contribution in [3.63, 3.8) is 0 Å². The molecule has 1 aromatic carbocycles. The van der Waals surface area contributed by atoms with Crippen LogP contribution in [0.5, 0.6) is 0 Å². The van der Waals surface area contributed by atoms with E-state index >= 15 is 0 Å². The molecule has 1 unspecified atom stereocenters. The van der Waals surface area contributed by atoms with Crippen molar-refractivity contribution in [2.45, 2.75) is 12.5 Å². The summed E-state index contributed by atoms with van der Waals surface area (Å²) in [7, 11) is 0. The third-order valence-electron chi connectivity index (χ3n) is 3.19. The number of halogens is 1. The van der Waals surface area contributed by atoms with Crippen molar-refractivity contribution in [3.05, 3.63) is 65.9 Å². The van der Waals surface area contributed by atoms with Crippen LogP contribution in [0, 0.1) is 5.82 Å². The molecule has 0 fully saturated rings. The van der Waals surface area contributed by atoms with E-state index in [1.165, 1.54) is 12.1 Å². The first-order valence-corrected chi connectivity index (χ1v) is 6.07. The van der Waals surface area contributed by atoms with Gasteiger partial charge in [0.25, 0.3) is 0 Å². The summed E-state index contributed by atoms with van der Waals surface area (Å²) in [5, 5.41) is 11.0. The lowest BCUT2D eigenvalue weighted by molar-refractivity contribution is 0.180. The Morgan fingerprint density at radius 2 is 2.21 bits per heavy atom. The zero-order chi connectivity index (χ0) is 13.2. The minimum atomic E-state index is -0.681. The maximum Gasteiger partial charge on any atom is 0.123 e. The van der Waals surface area contributed by atoms with Crippen LogP contribution in [0.4, 0.5) is 4.39 Å². The third-order valence-corrected chi connectivity index (χ3v) is 3.19. The number of hydrogen-bond acceptors (Lipinski definition) is 2. The number of H-pyrrole nitrogens is 1. The van der Waals surface area contributed by atoms with Crippen LogP contribution in [0.15, 0.2) is 48.9 Å². The Morgan fingerprint density at radius 1 is 1.32 bits per heavy atom. The second-order valence-corrected chi connectivity index (χ2v) is 4.52. The summed E-state index contributed by atoms with van der Waals surface area (Å²) in [6.07, 6.45) is 4.91. The van der Waals surface area contributed by atoms with E-state index in [0.717, 1.165) is 16.5 Å². The molecule has 2 aromatic heterocycles. The monoisotopic (exact) mass is 256 g/mol. The minimum absolute atomic E-state index is 0.304. The van der Waals surface area contributed by atoms with Gasteiger partial charge < -0.3 is 10.1 Å². The Bertz CT molecular complexity index is 694. The molecule has 3 rings (SSSR count). The second-order valence-electron chi connectivity index (χ2n) is 4.52. The topological polar surface area (TPSA) is 48.9 Å². The lowest BCUT2D eigenvalue weighted by Crippen LogP contribution is -2.01. The highest BCUT2D eigenvalue weighted by Crippen LogP contribution is 2.27. The zero-order valence-corrected chi connectivity index (χ0v) is 10.2. The van der Waals surface area contributed by atoms with Crippen LogP contribution in [0.25, 0.3) is 10.9 Å². The smallest absolute Gasteiger partial charge is 0.123 e. The van der Waals surface area contributed by atoms with Gasteiger partial charge in [0.05, 0.1) is 6.10 Å². The van der Waals surface area contributed by atoms with Gasteiger partial charge in [-0.2, -0.15) is 0 Å². The van der Waals surface area contributed by atoms with E-state index in [4.69, 9.17) is 0 Å². The van der Waals surface area contributed by atoms with Crippen molar-refractivity contribution in [2.75, 3.05) is 0 Å². The maximum absolute atomic E-state index is 13.3. The molecular weight excluding hydrogens is 243 g/mol. The van der Waals surface area contributed by atoms with Gasteiger partial charge in [0.2, 0.25) is 0 Å². The van der Waals surface area contributed by atoms with Crippen LogP contribution < -0.4 is 0 Å². The van der Waals surface area contributed by atoms with Crippen LogP contribution >= 0.6 is 0 Å². The minimum Gasteiger partial charge on any atom is -0.388 e. The lowest BCUT2D eigenvalue weighted by Gasteiger charge is -2.09. The van der Waals surface area contributed by atoms with E-state index < -0.39 is 6.10 Å². The quantitative estimate of drug-likeness (QED) is 0.756. The summed E-state index contributed by atoms with van der Waals surface area (Å²) in [6.45, 7) is 0. The number of nitrogens with zero attached hydrogens (tertiary/aromatic N) is 1. The number of aliphatic hydroxyl groups is 1. The summed E-state index contributed by atoms with van der Waals surface area (Å²) in [5.41, 5.74) is 2.47. The number of rotatable bonds is 3. The molecular formula is C15H13FN2O. The van der Waals surface area contributed by atoms with Gasteiger partial charge in [-0.3, -0.25) is 4.98 Å². The van der Waals surface area contributed by atoms with Crippen molar-refractivity contribution in [1.29, 1.82) is 0 Å². The summed E-state index contributed by atoms with van der Waals surface area (Å²) >= 11 is 0. The number of fused-ring (bicyclic) bond motifs is 1. The molecule has 0 radical (unpaired) electrons. The molecule has 1 atom stereocenters. The highest BCUT2D eigenvalue weighted by Gasteiger charge is 2.14. The van der Waals surface area contributed by atoms with E-state index in [1.807, 2.05) is 12.1 Å². The van der Waals surface area contributed by atoms with Crippen LogP contribution in [-0.4, -0.2) is 15.1 Å². The average Bonchev–Trinajstić information content (AvgIpc) is 2.82. The number of hydrogen-bond donors (Lipinski definition) is 2. The molecule has 96 valence electrons. The van der Waals surface area contributed by atoms with E-state index in [0.29, 0.717) is 12.0 Å². The molecule has 0 saturated carbocycles. The Kier molecular flexibility index (Phi) is 3.01. The summed E-state index contributed by atoms with van der Waals surface area (Å²) in [4.78, 5) is 7.06. The molecule has 0 bridgehead atoms. The molecule has 0 aliphatic carbocycles. The standard InChI is InChI=1S/C15H13FN2O/c16-11-3-4-14-12(7-11)13(9-18-14)15(19)6-10-2-1-5-17-8-10/h1-5,7-9,15,18-19H,6H2. The molecule has 0 saturated heterocycles. The number of aliphatic hydroxyl groups excluding tert-OH is 1.